The van der Waals surface area contributed by atoms with Gasteiger partial charge in [0, 0.05) is 33.3 Å². The summed E-state index contributed by atoms with van der Waals surface area (Å²) in [5.74, 6) is 0.739. The maximum atomic E-state index is 13.9. The fourth-order valence-electron chi connectivity index (χ4n) is 1.74. The van der Waals surface area contributed by atoms with Crippen LogP contribution < -0.4 is 10.5 Å². The van der Waals surface area contributed by atoms with Crippen LogP contribution in [0.25, 0.3) is 0 Å². The third kappa shape index (κ3) is 3.88. The fraction of sp³-hybridized carbons (Fsp3) is 0.200. The summed E-state index contributed by atoms with van der Waals surface area (Å²) in [7, 11) is 1.50. The van der Waals surface area contributed by atoms with Gasteiger partial charge in [0.2, 0.25) is 0 Å². The van der Waals surface area contributed by atoms with E-state index in [1.54, 1.807) is 23.9 Å². The molecule has 0 spiro atoms. The number of hydrogen-bond acceptors (Lipinski definition) is 3. The van der Waals surface area contributed by atoms with Gasteiger partial charge >= 0.3 is 0 Å². The molecule has 2 N–H and O–H groups in total. The Balaban J connectivity index is 2.01. The highest BCUT2D eigenvalue weighted by Crippen LogP contribution is 2.27. The largest absolute Gasteiger partial charge is 0.497 e. The summed E-state index contributed by atoms with van der Waals surface area (Å²) in [6.45, 7) is 0. The Kier molecular flexibility index (Phi) is 5.29. The van der Waals surface area contributed by atoms with Crippen LogP contribution in [0.4, 0.5) is 4.39 Å². The molecule has 2 rings (SSSR count). The summed E-state index contributed by atoms with van der Waals surface area (Å²) in [4.78, 5) is 1.05. The number of methoxy groups -OCH3 is 1. The summed E-state index contributed by atoms with van der Waals surface area (Å²) in [6, 6.07) is 11.8. The third-order valence-electron chi connectivity index (χ3n) is 2.85. The second-order valence-corrected chi connectivity index (χ2v) is 5.79. The van der Waals surface area contributed by atoms with Crippen molar-refractivity contribution in [3.8, 4) is 5.75 Å². The molecule has 0 bridgehead atoms. The Hall–Kier alpha value is -1.23. The summed E-state index contributed by atoms with van der Waals surface area (Å²) in [5, 5.41) is 0.694. The van der Waals surface area contributed by atoms with E-state index in [1.807, 2.05) is 24.3 Å². The molecule has 0 saturated carbocycles. The maximum absolute atomic E-state index is 13.9. The number of nitrogens with two attached hydrogens (primary N) is 1. The van der Waals surface area contributed by atoms with Gasteiger partial charge in [-0.15, -0.1) is 11.8 Å². The molecule has 20 heavy (non-hydrogen) atoms. The molecule has 0 aliphatic carbocycles. The van der Waals surface area contributed by atoms with Gasteiger partial charge in [0.05, 0.1) is 7.11 Å². The van der Waals surface area contributed by atoms with Gasteiger partial charge in [-0.05, 0) is 30.3 Å². The highest BCUT2D eigenvalue weighted by molar-refractivity contribution is 7.99. The molecule has 2 nitrogen and oxygen atoms in total. The highest BCUT2D eigenvalue weighted by Gasteiger charge is 2.12. The van der Waals surface area contributed by atoms with Crippen molar-refractivity contribution < 1.29 is 9.13 Å². The lowest BCUT2D eigenvalue weighted by molar-refractivity contribution is 0.410. The lowest BCUT2D eigenvalue weighted by Crippen LogP contribution is -2.14. The van der Waals surface area contributed by atoms with Gasteiger partial charge in [-0.3, -0.25) is 0 Å². The van der Waals surface area contributed by atoms with Crippen LogP contribution in [-0.2, 0) is 0 Å². The zero-order valence-electron chi connectivity index (χ0n) is 11.0. The molecule has 1 atom stereocenters. The molecule has 2 aromatic carbocycles. The van der Waals surface area contributed by atoms with Gasteiger partial charge in [0.15, 0.2) is 0 Å². The molecule has 0 aliphatic heterocycles. The van der Waals surface area contributed by atoms with E-state index < -0.39 is 0 Å². The van der Waals surface area contributed by atoms with Crippen molar-refractivity contribution in [2.75, 3.05) is 12.9 Å². The zero-order valence-corrected chi connectivity index (χ0v) is 12.5. The van der Waals surface area contributed by atoms with Crippen LogP contribution in [-0.4, -0.2) is 12.9 Å². The van der Waals surface area contributed by atoms with Gasteiger partial charge < -0.3 is 10.5 Å². The van der Waals surface area contributed by atoms with Crippen molar-refractivity contribution >= 4 is 23.4 Å². The predicted octanol–water partition coefficient (Wildman–Crippen LogP) is 4.28. The average molecular weight is 312 g/mol. The molecular formula is C15H15ClFNOS. The van der Waals surface area contributed by atoms with E-state index in [9.17, 15) is 4.39 Å². The van der Waals surface area contributed by atoms with E-state index in [4.69, 9.17) is 22.1 Å². The molecule has 0 amide bonds. The van der Waals surface area contributed by atoms with Crippen molar-refractivity contribution in [2.45, 2.75) is 10.9 Å². The van der Waals surface area contributed by atoms with Crippen LogP contribution in [0.5, 0.6) is 5.75 Å². The average Bonchev–Trinajstić information content (AvgIpc) is 2.46. The zero-order chi connectivity index (χ0) is 14.5. The standard InChI is InChI=1S/C15H15ClFNOS/c1-19-11-4-7-13(14(17)8-11)15(18)9-20-12-5-2-10(16)3-6-12/h2-8,15H,9,18H2,1H3. The molecular weight excluding hydrogens is 297 g/mol. The van der Waals surface area contributed by atoms with Crippen LogP contribution in [0.15, 0.2) is 47.4 Å². The Morgan fingerprint density at radius 1 is 1.25 bits per heavy atom. The van der Waals surface area contributed by atoms with Crippen molar-refractivity contribution in [1.82, 2.24) is 0 Å². The van der Waals surface area contributed by atoms with Crippen LogP contribution in [0.3, 0.4) is 0 Å². The Morgan fingerprint density at radius 2 is 1.95 bits per heavy atom. The molecule has 2 aromatic rings. The minimum absolute atomic E-state index is 0.339. The molecule has 0 aliphatic rings. The summed E-state index contributed by atoms with van der Waals surface area (Å²) in [6.07, 6.45) is 0. The second kappa shape index (κ2) is 6.97. The first kappa shape index (κ1) is 15.2. The van der Waals surface area contributed by atoms with Crippen LogP contribution in [0.2, 0.25) is 5.02 Å². The molecule has 0 fully saturated rings. The number of rotatable bonds is 5. The quantitative estimate of drug-likeness (QED) is 0.837. The van der Waals surface area contributed by atoms with Gasteiger partial charge in [0.1, 0.15) is 11.6 Å². The van der Waals surface area contributed by atoms with Crippen molar-refractivity contribution in [3.05, 3.63) is 58.9 Å². The fourth-order valence-corrected chi connectivity index (χ4v) is 2.75. The van der Waals surface area contributed by atoms with Crippen LogP contribution in [0.1, 0.15) is 11.6 Å². The summed E-state index contributed by atoms with van der Waals surface area (Å²) in [5.41, 5.74) is 6.53. The van der Waals surface area contributed by atoms with E-state index in [0.717, 1.165) is 4.90 Å². The predicted molar refractivity (Wildman–Crippen MR) is 82.1 cm³/mol. The molecule has 5 heteroatoms. The number of thioether (sulfide) groups is 1. The van der Waals surface area contributed by atoms with Gasteiger partial charge in [-0.2, -0.15) is 0 Å². The molecule has 1 unspecified atom stereocenters. The molecule has 0 heterocycles. The van der Waals surface area contributed by atoms with Crippen molar-refractivity contribution in [3.63, 3.8) is 0 Å². The van der Waals surface area contributed by atoms with Gasteiger partial charge in [-0.1, -0.05) is 17.7 Å². The number of ether oxygens (including phenoxy) is 1. The first-order chi connectivity index (χ1) is 9.60. The molecule has 106 valence electrons. The first-order valence-corrected chi connectivity index (χ1v) is 7.44. The Bertz CT molecular complexity index is 577. The van der Waals surface area contributed by atoms with Gasteiger partial charge in [0.25, 0.3) is 0 Å². The molecule has 0 aromatic heterocycles. The van der Waals surface area contributed by atoms with E-state index in [-0.39, 0.29) is 11.9 Å². The third-order valence-corrected chi connectivity index (χ3v) is 4.23. The number of benzene rings is 2. The Labute approximate surface area is 127 Å². The topological polar surface area (TPSA) is 35.2 Å². The SMILES string of the molecule is COc1ccc(C(N)CSc2ccc(Cl)cc2)c(F)c1. The van der Waals surface area contributed by atoms with Crippen LogP contribution in [0, 0.1) is 5.82 Å². The van der Waals surface area contributed by atoms with Crippen molar-refractivity contribution in [2.24, 2.45) is 5.73 Å². The second-order valence-electron chi connectivity index (χ2n) is 4.26. The van der Waals surface area contributed by atoms with Crippen molar-refractivity contribution in [1.29, 1.82) is 0 Å². The van der Waals surface area contributed by atoms with E-state index in [0.29, 0.717) is 22.1 Å². The highest BCUT2D eigenvalue weighted by atomic mass is 35.5. The van der Waals surface area contributed by atoms with E-state index in [2.05, 4.69) is 0 Å². The molecule has 0 saturated heterocycles. The monoisotopic (exact) mass is 311 g/mol. The lowest BCUT2D eigenvalue weighted by atomic mass is 10.1. The number of hydrogen-bond donors (Lipinski definition) is 1. The maximum Gasteiger partial charge on any atom is 0.131 e. The van der Waals surface area contributed by atoms with Crippen LogP contribution >= 0.6 is 23.4 Å². The summed E-state index contributed by atoms with van der Waals surface area (Å²) < 4.78 is 18.9. The van der Waals surface area contributed by atoms with E-state index in [1.165, 1.54) is 13.2 Å². The lowest BCUT2D eigenvalue weighted by Gasteiger charge is -2.13. The minimum atomic E-state index is -0.374. The summed E-state index contributed by atoms with van der Waals surface area (Å²) >= 11 is 7.39. The minimum Gasteiger partial charge on any atom is -0.497 e. The number of halogens is 2. The van der Waals surface area contributed by atoms with Gasteiger partial charge in [-0.25, -0.2) is 4.39 Å². The molecule has 0 radical (unpaired) electrons. The Morgan fingerprint density at radius 3 is 2.55 bits per heavy atom. The van der Waals surface area contributed by atoms with E-state index >= 15 is 0 Å². The first-order valence-electron chi connectivity index (χ1n) is 6.07. The normalized spacial score (nSPS) is 12.2. The smallest absolute Gasteiger partial charge is 0.131 e.